The van der Waals surface area contributed by atoms with Crippen molar-refractivity contribution < 1.29 is 27.4 Å². The molecule has 13 nitrogen and oxygen atoms in total. The summed E-state index contributed by atoms with van der Waals surface area (Å²) in [6, 6.07) is 5.25. The lowest BCUT2D eigenvalue weighted by Gasteiger charge is -2.38. The lowest BCUT2D eigenvalue weighted by Crippen LogP contribution is -2.51. The predicted molar refractivity (Wildman–Crippen MR) is 186 cm³/mol. The Morgan fingerprint density at radius 2 is 2.10 bits per heavy atom. The number of halogens is 4. The van der Waals surface area contributed by atoms with Crippen molar-refractivity contribution in [3.63, 3.8) is 0 Å². The molecule has 0 aliphatic carbocycles. The van der Waals surface area contributed by atoms with Crippen molar-refractivity contribution in [3.8, 4) is 23.2 Å². The molecule has 3 aromatic heterocycles. The summed E-state index contributed by atoms with van der Waals surface area (Å²) in [5, 5.41) is 14.4. The number of hydrogen-bond acceptors (Lipinski definition) is 12. The first-order valence-electron chi connectivity index (χ1n) is 16.8. The number of thiophene rings is 1. The molecule has 18 heteroatoms. The number of nitriles is 1. The standard InChI is InChI=1S/C34H30ClF3N10O3S/c35-21-8-19-28(27(38)26(21)18-2-3-22(37)29-25(18)20(10-39)30(40)52-29)43-32(51-14-34-4-1-5-46(34)11-17(36)9-34)44-31(19)47-6-7-50-24-13-45(12-23(24)47)33(49)48-16-41-15-42-48/h2-3,8,15-17,23-24H,1,4-7,9,11-14,40H2/t17-,23?,24?,34+/m1/s1. The summed E-state index contributed by atoms with van der Waals surface area (Å²) in [4.78, 5) is 32.2. The molecule has 268 valence electrons. The molecule has 2 N–H and O–H groups in total. The zero-order valence-corrected chi connectivity index (χ0v) is 29.0. The van der Waals surface area contributed by atoms with Crippen molar-refractivity contribution in [1.29, 1.82) is 5.26 Å². The molecule has 2 unspecified atom stereocenters. The van der Waals surface area contributed by atoms with Crippen LogP contribution < -0.4 is 15.4 Å². The molecule has 2 aromatic carbocycles. The van der Waals surface area contributed by atoms with Crippen molar-refractivity contribution in [2.45, 2.75) is 43.1 Å². The van der Waals surface area contributed by atoms with Crippen LogP contribution in [-0.2, 0) is 4.74 Å². The first-order chi connectivity index (χ1) is 25.2. The van der Waals surface area contributed by atoms with Gasteiger partial charge in [-0.3, -0.25) is 4.90 Å². The number of anilines is 2. The van der Waals surface area contributed by atoms with E-state index in [-0.39, 0.29) is 85.5 Å². The number of ether oxygens (including phenoxy) is 2. The van der Waals surface area contributed by atoms with Crippen molar-refractivity contribution in [3.05, 3.63) is 53.1 Å². The first kappa shape index (κ1) is 33.1. The van der Waals surface area contributed by atoms with Gasteiger partial charge >= 0.3 is 12.0 Å². The molecule has 0 bridgehead atoms. The fourth-order valence-electron chi connectivity index (χ4n) is 8.41. The molecule has 0 saturated carbocycles. The van der Waals surface area contributed by atoms with Gasteiger partial charge in [-0.2, -0.15) is 25.0 Å². The molecule has 4 fully saturated rings. The molecule has 1 amide bonds. The third-order valence-electron chi connectivity index (χ3n) is 10.7. The third kappa shape index (κ3) is 5.14. The fourth-order valence-corrected chi connectivity index (χ4v) is 9.65. The van der Waals surface area contributed by atoms with Gasteiger partial charge in [-0.1, -0.05) is 17.7 Å². The third-order valence-corrected chi connectivity index (χ3v) is 12.1. The maximum absolute atomic E-state index is 17.2. The van der Waals surface area contributed by atoms with Crippen LogP contribution in [0.4, 0.5) is 28.8 Å². The number of nitrogens with zero attached hydrogens (tertiary/aromatic N) is 9. The molecular weight excluding hydrogens is 721 g/mol. The molecule has 0 spiro atoms. The zero-order chi connectivity index (χ0) is 35.9. The molecule has 0 radical (unpaired) electrons. The Balaban J connectivity index is 1.18. The van der Waals surface area contributed by atoms with E-state index >= 15 is 4.39 Å². The Hall–Kier alpha value is -4.76. The number of fused-ring (bicyclic) bond motifs is 4. The minimum absolute atomic E-state index is 0.0196. The van der Waals surface area contributed by atoms with Crippen LogP contribution in [0.15, 0.2) is 30.9 Å². The van der Waals surface area contributed by atoms with Crippen LogP contribution in [0.5, 0.6) is 6.01 Å². The lowest BCUT2D eigenvalue weighted by molar-refractivity contribution is 0.0317. The van der Waals surface area contributed by atoms with Gasteiger partial charge in [-0.25, -0.2) is 22.9 Å². The summed E-state index contributed by atoms with van der Waals surface area (Å²) in [5.74, 6) is -1.12. The molecule has 4 aliphatic heterocycles. The van der Waals surface area contributed by atoms with Gasteiger partial charge in [0.2, 0.25) is 0 Å². The summed E-state index contributed by atoms with van der Waals surface area (Å²) in [7, 11) is 0. The van der Waals surface area contributed by atoms with Gasteiger partial charge in [0.1, 0.15) is 53.7 Å². The molecule has 4 saturated heterocycles. The van der Waals surface area contributed by atoms with E-state index in [1.165, 1.54) is 24.8 Å². The quantitative estimate of drug-likeness (QED) is 0.258. The molecule has 9 rings (SSSR count). The number of rotatable bonds is 5. The molecular formula is C34H30ClF3N10O3S. The Labute approximate surface area is 303 Å². The number of hydrogen-bond donors (Lipinski definition) is 1. The zero-order valence-electron chi connectivity index (χ0n) is 27.4. The van der Waals surface area contributed by atoms with Gasteiger partial charge in [0.15, 0.2) is 5.82 Å². The van der Waals surface area contributed by atoms with E-state index in [0.717, 1.165) is 35.4 Å². The van der Waals surface area contributed by atoms with E-state index in [0.29, 0.717) is 31.9 Å². The number of aromatic nitrogens is 5. The van der Waals surface area contributed by atoms with Crippen LogP contribution >= 0.6 is 22.9 Å². The maximum atomic E-state index is 17.2. The number of alkyl halides is 1. The molecule has 4 atom stereocenters. The van der Waals surface area contributed by atoms with Gasteiger partial charge in [0.25, 0.3) is 0 Å². The number of amides is 1. The Morgan fingerprint density at radius 1 is 1.23 bits per heavy atom. The summed E-state index contributed by atoms with van der Waals surface area (Å²) in [6.45, 7) is 2.36. The van der Waals surface area contributed by atoms with Crippen LogP contribution in [-0.4, -0.2) is 110 Å². The first-order valence-corrected chi connectivity index (χ1v) is 18.0. The smallest absolute Gasteiger partial charge is 0.346 e. The van der Waals surface area contributed by atoms with Crippen LogP contribution in [0.2, 0.25) is 5.02 Å². The van der Waals surface area contributed by atoms with Gasteiger partial charge in [-0.05, 0) is 37.1 Å². The van der Waals surface area contributed by atoms with Crippen LogP contribution in [0.3, 0.4) is 0 Å². The van der Waals surface area contributed by atoms with Crippen LogP contribution in [0, 0.1) is 23.0 Å². The summed E-state index contributed by atoms with van der Waals surface area (Å²) >= 11 is 7.80. The number of likely N-dealkylation sites (tertiary alicyclic amines) is 1. The van der Waals surface area contributed by atoms with Gasteiger partial charge in [-0.15, -0.1) is 11.3 Å². The van der Waals surface area contributed by atoms with E-state index in [1.54, 1.807) is 11.0 Å². The van der Waals surface area contributed by atoms with Gasteiger partial charge in [0.05, 0.1) is 46.1 Å². The van der Waals surface area contributed by atoms with E-state index in [1.807, 2.05) is 11.0 Å². The Morgan fingerprint density at radius 3 is 2.90 bits per heavy atom. The summed E-state index contributed by atoms with van der Waals surface area (Å²) in [5.41, 5.74) is 5.55. The number of morpholine rings is 1. The number of carbonyl (C=O) groups excluding carboxylic acids is 1. The van der Waals surface area contributed by atoms with Crippen molar-refractivity contribution in [2.75, 3.05) is 56.6 Å². The molecule has 5 aromatic rings. The second-order valence-electron chi connectivity index (χ2n) is 13.6. The number of nitrogen functional groups attached to an aromatic ring is 1. The molecule has 4 aliphatic rings. The molecule has 52 heavy (non-hydrogen) atoms. The molecule has 7 heterocycles. The lowest BCUT2D eigenvalue weighted by atomic mass is 9.95. The largest absolute Gasteiger partial charge is 0.461 e. The predicted octanol–water partition coefficient (Wildman–Crippen LogP) is 5.00. The monoisotopic (exact) mass is 750 g/mol. The van der Waals surface area contributed by atoms with E-state index < -0.39 is 29.4 Å². The topological polar surface area (TPSA) is 152 Å². The summed E-state index contributed by atoms with van der Waals surface area (Å²) in [6.07, 6.45) is 3.19. The average molecular weight is 751 g/mol. The normalized spacial score (nSPS) is 24.5. The second kappa shape index (κ2) is 12.4. The highest BCUT2D eigenvalue weighted by Crippen LogP contribution is 2.46. The number of carbonyl (C=O) groups is 1. The van der Waals surface area contributed by atoms with Crippen molar-refractivity contribution >= 4 is 60.8 Å². The fraction of sp³-hybridized carbons (Fsp3) is 0.412. The SMILES string of the molecule is N#Cc1c(N)sc2c(F)ccc(-c3c(Cl)cc4c(N5CCOC6CN(C(=O)n7cncn7)CC65)nc(OC[C@@]56CCCN5C[C@H](F)C6)nc4c3F)c12. The van der Waals surface area contributed by atoms with E-state index in [9.17, 15) is 18.8 Å². The van der Waals surface area contributed by atoms with Gasteiger partial charge < -0.3 is 25.0 Å². The summed E-state index contributed by atoms with van der Waals surface area (Å²) < 4.78 is 60.4. The average Bonchev–Trinajstić information content (AvgIpc) is 3.96. The minimum atomic E-state index is -0.980. The number of nitrogens with two attached hydrogens (primary N) is 1. The Bertz CT molecular complexity index is 2300. The Kier molecular flexibility index (Phi) is 7.92. The maximum Gasteiger partial charge on any atom is 0.346 e. The van der Waals surface area contributed by atoms with Crippen molar-refractivity contribution in [1.82, 2.24) is 34.5 Å². The highest BCUT2D eigenvalue weighted by atomic mass is 35.5. The van der Waals surface area contributed by atoms with Crippen LogP contribution in [0.1, 0.15) is 24.8 Å². The highest BCUT2D eigenvalue weighted by molar-refractivity contribution is 7.23. The highest BCUT2D eigenvalue weighted by Gasteiger charge is 2.50. The second-order valence-corrected chi connectivity index (χ2v) is 15.0. The number of benzene rings is 2. The van der Waals surface area contributed by atoms with Crippen molar-refractivity contribution in [2.24, 2.45) is 0 Å². The van der Waals surface area contributed by atoms with Gasteiger partial charge in [0, 0.05) is 42.4 Å². The van der Waals surface area contributed by atoms with E-state index in [2.05, 4.69) is 20.0 Å². The van der Waals surface area contributed by atoms with Crippen LogP contribution in [0.25, 0.3) is 32.1 Å². The minimum Gasteiger partial charge on any atom is -0.461 e. The van der Waals surface area contributed by atoms with E-state index in [4.69, 9.17) is 31.8 Å².